The van der Waals surface area contributed by atoms with Gasteiger partial charge in [0.15, 0.2) is 16.6 Å². The minimum Gasteiger partial charge on any atom is -0.413 e. The van der Waals surface area contributed by atoms with Crippen LogP contribution in [0.2, 0.25) is 36.3 Å². The van der Waals surface area contributed by atoms with Gasteiger partial charge in [-0.1, -0.05) is 85.7 Å². The van der Waals surface area contributed by atoms with E-state index in [2.05, 4.69) is 93.7 Å². The van der Waals surface area contributed by atoms with Crippen molar-refractivity contribution in [2.24, 2.45) is 11.8 Å². The summed E-state index contributed by atoms with van der Waals surface area (Å²) in [4.78, 5) is 0. The lowest BCUT2D eigenvalue weighted by Crippen LogP contribution is -2.52. The highest BCUT2D eigenvalue weighted by Gasteiger charge is 2.45. The van der Waals surface area contributed by atoms with E-state index in [1.165, 1.54) is 5.56 Å². The Labute approximate surface area is 213 Å². The summed E-state index contributed by atoms with van der Waals surface area (Å²) in [6, 6.07) is 10.3. The molecule has 1 aromatic rings. The van der Waals surface area contributed by atoms with Gasteiger partial charge in [0.2, 0.25) is 0 Å². The predicted molar refractivity (Wildman–Crippen MR) is 150 cm³/mol. The lowest BCUT2D eigenvalue weighted by atomic mass is 9.88. The van der Waals surface area contributed by atoms with Gasteiger partial charge >= 0.3 is 0 Å². The second kappa shape index (κ2) is 12.6. The van der Waals surface area contributed by atoms with E-state index < -0.39 is 16.6 Å². The summed E-state index contributed by atoms with van der Waals surface area (Å²) in [5.74, 6) is 0.350. The number of ether oxygens (including phenoxy) is 1. The first kappa shape index (κ1) is 31.5. The fourth-order valence-electron chi connectivity index (χ4n) is 3.61. The minimum atomic E-state index is -2.02. The van der Waals surface area contributed by atoms with Crippen molar-refractivity contribution in [3.05, 3.63) is 35.9 Å². The van der Waals surface area contributed by atoms with Crippen LogP contribution in [0.1, 0.15) is 67.4 Å². The fourth-order valence-corrected chi connectivity index (χ4v) is 6.54. The summed E-state index contributed by atoms with van der Waals surface area (Å²) in [5, 5.41) is 10.1. The third-order valence-corrected chi connectivity index (χ3v) is 17.0. The highest BCUT2D eigenvalue weighted by molar-refractivity contribution is 6.74. The van der Waals surface area contributed by atoms with E-state index in [-0.39, 0.29) is 40.7 Å². The number of hydrogen-bond donors (Lipinski definition) is 1. The third kappa shape index (κ3) is 9.18. The first-order valence-electron chi connectivity index (χ1n) is 13.0. The van der Waals surface area contributed by atoms with Crippen LogP contribution < -0.4 is 0 Å². The molecule has 0 heterocycles. The van der Waals surface area contributed by atoms with Crippen LogP contribution in [0.4, 0.5) is 0 Å². The molecule has 4 atom stereocenters. The molecule has 0 fully saturated rings. The van der Waals surface area contributed by atoms with Gasteiger partial charge in [0.1, 0.15) is 0 Å². The monoisotopic (exact) mass is 510 g/mol. The zero-order valence-corrected chi connectivity index (χ0v) is 26.2. The molecule has 0 radical (unpaired) electrons. The van der Waals surface area contributed by atoms with Crippen LogP contribution in [-0.2, 0) is 20.2 Å². The van der Waals surface area contributed by atoms with E-state index in [0.29, 0.717) is 19.6 Å². The Morgan fingerprint density at radius 1 is 0.824 bits per heavy atom. The average Bonchev–Trinajstić information content (AvgIpc) is 2.70. The molecule has 4 nitrogen and oxygen atoms in total. The summed E-state index contributed by atoms with van der Waals surface area (Å²) in [7, 11) is -4.02. The number of aliphatic hydroxyl groups excluding tert-OH is 1. The van der Waals surface area contributed by atoms with Crippen molar-refractivity contribution in [1.29, 1.82) is 0 Å². The van der Waals surface area contributed by atoms with Crippen LogP contribution in [0.5, 0.6) is 0 Å². The molecule has 0 bridgehead atoms. The molecule has 0 aromatic heterocycles. The summed E-state index contributed by atoms with van der Waals surface area (Å²) < 4.78 is 20.1. The second-order valence-electron chi connectivity index (χ2n) is 13.1. The van der Waals surface area contributed by atoms with Gasteiger partial charge in [-0.25, -0.2) is 0 Å². The van der Waals surface area contributed by atoms with E-state index in [1.807, 2.05) is 18.2 Å². The molecule has 0 amide bonds. The molecule has 0 aliphatic heterocycles. The Kier molecular flexibility index (Phi) is 11.7. The second-order valence-corrected chi connectivity index (χ2v) is 22.6. The van der Waals surface area contributed by atoms with E-state index in [1.54, 1.807) is 0 Å². The molecule has 198 valence electrons. The molecule has 6 heteroatoms. The maximum atomic E-state index is 9.91. The molecule has 0 saturated carbocycles. The van der Waals surface area contributed by atoms with Crippen molar-refractivity contribution in [3.63, 3.8) is 0 Å². The molecular weight excluding hydrogens is 456 g/mol. The summed E-state index contributed by atoms with van der Waals surface area (Å²) in [6.45, 7) is 28.7. The quantitative estimate of drug-likeness (QED) is 0.277. The Bertz CT molecular complexity index is 707. The zero-order valence-electron chi connectivity index (χ0n) is 24.2. The van der Waals surface area contributed by atoms with Gasteiger partial charge in [0.25, 0.3) is 0 Å². The highest BCUT2D eigenvalue weighted by atomic mass is 28.4. The average molecular weight is 511 g/mol. The van der Waals surface area contributed by atoms with Crippen molar-refractivity contribution < 1.29 is 18.7 Å². The smallest absolute Gasteiger partial charge is 0.192 e. The first-order chi connectivity index (χ1) is 15.4. The van der Waals surface area contributed by atoms with Gasteiger partial charge in [-0.15, -0.1) is 0 Å². The van der Waals surface area contributed by atoms with Gasteiger partial charge in [-0.3, -0.25) is 0 Å². The highest BCUT2D eigenvalue weighted by Crippen LogP contribution is 2.42. The zero-order chi connectivity index (χ0) is 26.4. The Balaban J connectivity index is 3.14. The summed E-state index contributed by atoms with van der Waals surface area (Å²) in [5.41, 5.74) is 1.18. The number of benzene rings is 1. The molecule has 0 aliphatic rings. The van der Waals surface area contributed by atoms with E-state index in [4.69, 9.17) is 13.6 Å². The third-order valence-electron chi connectivity index (χ3n) is 8.06. The van der Waals surface area contributed by atoms with Crippen LogP contribution in [0, 0.1) is 11.8 Å². The Morgan fingerprint density at radius 2 is 1.32 bits per heavy atom. The number of hydrogen-bond acceptors (Lipinski definition) is 4. The standard InChI is InChI=1S/C28H54O4Si2/c1-22(20-30-21-24-16-14-13-15-17-24)26(32-34(11,12)28(6,7)8)23(2)25(18-19-29)31-33(9,10)27(3,4)5/h13-17,22-23,25-26,29H,18-21H2,1-12H3/t22-,23-,25+,26+/m1/s1. The Hall–Kier alpha value is -0.506. The number of rotatable bonds is 13. The topological polar surface area (TPSA) is 47.9 Å². The molecule has 0 saturated heterocycles. The maximum absolute atomic E-state index is 9.91. The van der Waals surface area contributed by atoms with Crippen LogP contribution in [-0.4, -0.2) is 47.2 Å². The van der Waals surface area contributed by atoms with Crippen LogP contribution in [0.3, 0.4) is 0 Å². The molecule has 0 aliphatic carbocycles. The van der Waals surface area contributed by atoms with E-state index in [0.717, 1.165) is 0 Å². The summed E-state index contributed by atoms with van der Waals surface area (Å²) in [6.07, 6.45) is 0.582. The first-order valence-corrected chi connectivity index (χ1v) is 18.8. The number of aliphatic hydroxyl groups is 1. The molecule has 34 heavy (non-hydrogen) atoms. The largest absolute Gasteiger partial charge is 0.413 e. The Morgan fingerprint density at radius 3 is 1.79 bits per heavy atom. The van der Waals surface area contributed by atoms with Crippen molar-refractivity contribution in [2.45, 2.75) is 117 Å². The minimum absolute atomic E-state index is 0.00187. The van der Waals surface area contributed by atoms with Crippen molar-refractivity contribution in [1.82, 2.24) is 0 Å². The lowest BCUT2D eigenvalue weighted by Gasteiger charge is -2.46. The SMILES string of the molecule is C[C@@H]([C@@H](O[Si](C)(C)C(C)(C)C)[C@H](C)COCc1ccccc1)[C@H](CCO)O[Si](C)(C)C(C)(C)C. The molecular formula is C28H54O4Si2. The van der Waals surface area contributed by atoms with Crippen molar-refractivity contribution >= 4 is 16.6 Å². The van der Waals surface area contributed by atoms with Crippen molar-refractivity contribution in [2.75, 3.05) is 13.2 Å². The van der Waals surface area contributed by atoms with Gasteiger partial charge in [-0.05, 0) is 48.2 Å². The maximum Gasteiger partial charge on any atom is 0.192 e. The van der Waals surface area contributed by atoms with Gasteiger partial charge < -0.3 is 18.7 Å². The molecule has 1 rings (SSSR count). The van der Waals surface area contributed by atoms with Gasteiger partial charge in [0, 0.05) is 18.4 Å². The molecule has 1 N–H and O–H groups in total. The molecule has 0 unspecified atom stereocenters. The van der Waals surface area contributed by atoms with Crippen molar-refractivity contribution in [3.8, 4) is 0 Å². The molecule has 0 spiro atoms. The van der Waals surface area contributed by atoms with E-state index in [9.17, 15) is 5.11 Å². The van der Waals surface area contributed by atoms with Crippen LogP contribution in [0.25, 0.3) is 0 Å². The van der Waals surface area contributed by atoms with Crippen LogP contribution >= 0.6 is 0 Å². The van der Waals surface area contributed by atoms with Crippen LogP contribution in [0.15, 0.2) is 30.3 Å². The van der Waals surface area contributed by atoms with E-state index >= 15 is 0 Å². The van der Waals surface area contributed by atoms with Gasteiger partial charge in [0.05, 0.1) is 25.4 Å². The van der Waals surface area contributed by atoms with Gasteiger partial charge in [-0.2, -0.15) is 0 Å². The summed E-state index contributed by atoms with van der Waals surface area (Å²) >= 11 is 0. The fraction of sp³-hybridized carbons (Fsp3) is 0.786. The predicted octanol–water partition coefficient (Wildman–Crippen LogP) is 7.64. The molecule has 1 aromatic carbocycles. The lowest BCUT2D eigenvalue weighted by molar-refractivity contribution is -0.0291. The normalized spacial score (nSPS) is 17.3.